The highest BCUT2D eigenvalue weighted by Crippen LogP contribution is 2.46. The Morgan fingerprint density at radius 1 is 1.08 bits per heavy atom. The maximum atomic E-state index is 13.7. The van der Waals surface area contributed by atoms with E-state index in [4.69, 9.17) is 4.98 Å². The van der Waals surface area contributed by atoms with Crippen molar-refractivity contribution in [2.75, 3.05) is 29.5 Å². The summed E-state index contributed by atoms with van der Waals surface area (Å²) in [6.45, 7) is 1.57. The first-order chi connectivity index (χ1) is 18.9. The monoisotopic (exact) mass is 562 g/mol. The van der Waals surface area contributed by atoms with Gasteiger partial charge < -0.3 is 14.8 Å². The Morgan fingerprint density at radius 2 is 1.74 bits per heavy atom. The molecule has 3 aliphatic rings. The summed E-state index contributed by atoms with van der Waals surface area (Å²) in [4.78, 5) is 21.9. The van der Waals surface area contributed by atoms with Crippen LogP contribution in [0.15, 0.2) is 48.5 Å². The molecule has 6 rings (SSSR count). The number of hydrogen-bond acceptors (Lipinski definition) is 6. The molecule has 1 aromatic heterocycles. The predicted molar refractivity (Wildman–Crippen MR) is 153 cm³/mol. The van der Waals surface area contributed by atoms with E-state index in [1.807, 2.05) is 0 Å². The Balaban J connectivity index is 1.35. The van der Waals surface area contributed by atoms with E-state index in [1.165, 1.54) is 12.1 Å². The van der Waals surface area contributed by atoms with Crippen LogP contribution in [0.3, 0.4) is 0 Å². The first-order valence-electron chi connectivity index (χ1n) is 13.6. The molecule has 3 aromatic rings. The minimum atomic E-state index is -0.725. The molecule has 6 nitrogen and oxygen atoms in total. The van der Waals surface area contributed by atoms with Gasteiger partial charge >= 0.3 is 0 Å². The fourth-order valence-corrected chi connectivity index (χ4v) is 7.91. The van der Waals surface area contributed by atoms with E-state index >= 15 is 0 Å². The van der Waals surface area contributed by atoms with Crippen LogP contribution in [0.2, 0.25) is 0 Å². The molecule has 0 spiro atoms. The molecule has 1 aliphatic heterocycles. The molecule has 202 valence electrons. The molecule has 39 heavy (non-hydrogen) atoms. The Morgan fingerprint density at radius 3 is 2.41 bits per heavy atom. The van der Waals surface area contributed by atoms with Gasteiger partial charge in [0.15, 0.2) is 0 Å². The Bertz CT molecular complexity index is 1370. The summed E-state index contributed by atoms with van der Waals surface area (Å²) in [6, 6.07) is 17.1. The zero-order valence-corrected chi connectivity index (χ0v) is 23.3. The summed E-state index contributed by atoms with van der Waals surface area (Å²) in [5.74, 6) is 0.771. The number of halogens is 1. The predicted octanol–water partition coefficient (Wildman–Crippen LogP) is 5.63. The third-order valence-electron chi connectivity index (χ3n) is 8.20. The van der Waals surface area contributed by atoms with Crippen LogP contribution in [-0.4, -0.2) is 45.6 Å². The van der Waals surface area contributed by atoms with Gasteiger partial charge in [-0.3, -0.25) is 4.79 Å². The van der Waals surface area contributed by atoms with Crippen LogP contribution in [0.25, 0.3) is 21.0 Å². The lowest BCUT2D eigenvalue weighted by molar-refractivity contribution is -0.127. The minimum absolute atomic E-state index is 0.0427. The van der Waals surface area contributed by atoms with Gasteiger partial charge in [-0.25, -0.2) is 9.37 Å². The van der Waals surface area contributed by atoms with Crippen molar-refractivity contribution in [1.29, 1.82) is 5.26 Å². The van der Waals surface area contributed by atoms with Crippen LogP contribution < -0.4 is 10.2 Å². The average molecular weight is 563 g/mol. The number of hydrogen-bond donors (Lipinski definition) is 1. The standard InChI is InChI=1S/C30H31FN4O2S2/c31-22-9-5-21(6-10-22)29-33-26(24-3-1-2-4-25(24)28(36)34-30(19-32)13-14-30)27(38-29)20-7-11-23(12-8-20)35-15-17-39(37)18-16-35/h5-12,24-25H,1-4,13-18H2,(H,34,36)/t24-,25?/m1/s1. The van der Waals surface area contributed by atoms with Gasteiger partial charge in [-0.15, -0.1) is 11.3 Å². The molecule has 2 atom stereocenters. The fraction of sp³-hybridized carbons (Fsp3) is 0.433. The van der Waals surface area contributed by atoms with Crippen molar-refractivity contribution in [2.45, 2.75) is 50.0 Å². The molecular weight excluding hydrogens is 531 g/mol. The second kappa shape index (κ2) is 10.9. The van der Waals surface area contributed by atoms with Gasteiger partial charge in [0.2, 0.25) is 5.91 Å². The first kappa shape index (κ1) is 26.3. The van der Waals surface area contributed by atoms with E-state index in [2.05, 4.69) is 40.6 Å². The Labute approximate surface area is 235 Å². The molecule has 1 N–H and O–H groups in total. The number of rotatable bonds is 6. The Hall–Kier alpha value is -2.93. The number of nitriles is 1. The highest BCUT2D eigenvalue weighted by molar-refractivity contribution is 7.91. The lowest BCUT2D eigenvalue weighted by Gasteiger charge is -2.31. The van der Waals surface area contributed by atoms with E-state index in [0.29, 0.717) is 24.3 Å². The molecule has 2 aliphatic carbocycles. The normalized spacial score (nSPS) is 22.7. The van der Waals surface area contributed by atoms with Crippen molar-refractivity contribution < 1.29 is 13.7 Å². The number of nitrogens with zero attached hydrogens (tertiary/aromatic N) is 3. The molecule has 1 unspecified atom stereocenters. The second-order valence-electron chi connectivity index (χ2n) is 10.8. The maximum Gasteiger partial charge on any atom is 0.225 e. The van der Waals surface area contributed by atoms with Crippen LogP contribution in [0.4, 0.5) is 10.1 Å². The van der Waals surface area contributed by atoms with Crippen LogP contribution in [0.5, 0.6) is 0 Å². The molecule has 1 saturated heterocycles. The molecule has 0 radical (unpaired) electrons. The summed E-state index contributed by atoms with van der Waals surface area (Å²) >= 11 is 0.854. The van der Waals surface area contributed by atoms with Gasteiger partial charge in [-0.2, -0.15) is 5.26 Å². The lowest BCUT2D eigenvalue weighted by atomic mass is 9.76. The van der Waals surface area contributed by atoms with Gasteiger partial charge in [-0.1, -0.05) is 36.2 Å². The van der Waals surface area contributed by atoms with E-state index in [0.717, 1.165) is 71.2 Å². The molecule has 2 heterocycles. The van der Waals surface area contributed by atoms with Crippen molar-refractivity contribution in [3.05, 3.63) is 60.0 Å². The SMILES string of the molecule is N#CC1(NC(=O)C2CCCC[C@H]2c2nc(-c3ccc(F)cc3)sc2-c2ccc(N3CC[S+]([O-])CC3)cc2)CC1. The molecular formula is C30H31FN4O2S2. The van der Waals surface area contributed by atoms with Gasteiger partial charge in [0.1, 0.15) is 27.9 Å². The summed E-state index contributed by atoms with van der Waals surface area (Å²) in [5.41, 5.74) is 3.23. The third kappa shape index (κ3) is 5.56. The highest BCUT2D eigenvalue weighted by Gasteiger charge is 2.47. The molecule has 3 fully saturated rings. The van der Waals surface area contributed by atoms with Crippen molar-refractivity contribution in [1.82, 2.24) is 10.3 Å². The van der Waals surface area contributed by atoms with Crippen LogP contribution in [-0.2, 0) is 16.0 Å². The number of carbonyl (C=O) groups excluding carboxylic acids is 1. The summed E-state index contributed by atoms with van der Waals surface area (Å²) < 4.78 is 25.5. The number of amides is 1. The topological polar surface area (TPSA) is 92.1 Å². The highest BCUT2D eigenvalue weighted by atomic mass is 32.2. The number of thiazole rings is 1. The van der Waals surface area contributed by atoms with Gasteiger partial charge in [-0.05, 0) is 67.6 Å². The van der Waals surface area contributed by atoms with Crippen LogP contribution >= 0.6 is 11.3 Å². The van der Waals surface area contributed by atoms with Crippen LogP contribution in [0, 0.1) is 23.1 Å². The van der Waals surface area contributed by atoms with Gasteiger partial charge in [0, 0.05) is 23.1 Å². The van der Waals surface area contributed by atoms with Crippen LogP contribution in [0.1, 0.15) is 50.1 Å². The number of carbonyl (C=O) groups is 1. The molecule has 2 aromatic carbocycles. The van der Waals surface area contributed by atoms with Crippen molar-refractivity contribution in [3.8, 4) is 27.1 Å². The lowest BCUT2D eigenvalue weighted by Crippen LogP contribution is -2.42. The smallest absolute Gasteiger partial charge is 0.225 e. The summed E-state index contributed by atoms with van der Waals surface area (Å²) in [6.07, 6.45) is 5.06. The first-order valence-corrected chi connectivity index (χ1v) is 16.0. The average Bonchev–Trinajstić information content (AvgIpc) is 3.60. The van der Waals surface area contributed by atoms with Gasteiger partial charge in [0.05, 0.1) is 29.7 Å². The number of aromatic nitrogens is 1. The van der Waals surface area contributed by atoms with E-state index in [9.17, 15) is 19.0 Å². The molecule has 2 saturated carbocycles. The minimum Gasteiger partial charge on any atom is -0.616 e. The third-order valence-corrected chi connectivity index (χ3v) is 10.6. The second-order valence-corrected chi connectivity index (χ2v) is 13.5. The molecule has 9 heteroatoms. The summed E-state index contributed by atoms with van der Waals surface area (Å²) in [5, 5.41) is 13.4. The van der Waals surface area contributed by atoms with Gasteiger partial charge in [0.25, 0.3) is 0 Å². The number of benzene rings is 2. The van der Waals surface area contributed by atoms with E-state index < -0.39 is 16.7 Å². The van der Waals surface area contributed by atoms with E-state index in [1.54, 1.807) is 23.5 Å². The number of anilines is 1. The van der Waals surface area contributed by atoms with Crippen molar-refractivity contribution in [2.24, 2.45) is 5.92 Å². The summed E-state index contributed by atoms with van der Waals surface area (Å²) in [7, 11) is 0. The van der Waals surface area contributed by atoms with E-state index in [-0.39, 0.29) is 23.6 Å². The molecule has 0 bridgehead atoms. The fourth-order valence-electron chi connectivity index (χ4n) is 5.72. The zero-order chi connectivity index (χ0) is 27.0. The zero-order valence-electron chi connectivity index (χ0n) is 21.7. The van der Waals surface area contributed by atoms with Crippen molar-refractivity contribution >= 4 is 34.1 Å². The largest absolute Gasteiger partial charge is 0.616 e. The quantitative estimate of drug-likeness (QED) is 0.393. The Kier molecular flexibility index (Phi) is 7.36. The van der Waals surface area contributed by atoms with Crippen molar-refractivity contribution in [3.63, 3.8) is 0 Å². The maximum absolute atomic E-state index is 13.7. The molecule has 1 amide bonds. The number of nitrogens with one attached hydrogen (secondary N) is 1.